The molecule has 1 aromatic carbocycles. The van der Waals surface area contributed by atoms with E-state index in [2.05, 4.69) is 32.3 Å². The largest absolute Gasteiger partial charge is 0.357 e. The number of piperazine rings is 1. The van der Waals surface area contributed by atoms with Crippen LogP contribution in [0.4, 0.5) is 5.82 Å². The quantitative estimate of drug-likeness (QED) is 0.572. The lowest BCUT2D eigenvalue weighted by Crippen LogP contribution is -2.54. The summed E-state index contributed by atoms with van der Waals surface area (Å²) >= 11 is 5.95. The number of hydrogen-bond donors (Lipinski definition) is 1. The summed E-state index contributed by atoms with van der Waals surface area (Å²) in [6.07, 6.45) is 4.41. The zero-order valence-electron chi connectivity index (χ0n) is 17.9. The van der Waals surface area contributed by atoms with E-state index in [9.17, 15) is 4.79 Å². The summed E-state index contributed by atoms with van der Waals surface area (Å²) in [6.45, 7) is 5.13. The van der Waals surface area contributed by atoms with Gasteiger partial charge in [-0.2, -0.15) is 0 Å². The monoisotopic (exact) mass is 440 g/mol. The molecule has 0 bridgehead atoms. The molecular formula is C23H29ClN6O. The predicted molar refractivity (Wildman–Crippen MR) is 124 cm³/mol. The van der Waals surface area contributed by atoms with E-state index in [-0.39, 0.29) is 5.91 Å². The molecule has 2 saturated heterocycles. The molecule has 0 aliphatic carbocycles. The van der Waals surface area contributed by atoms with Crippen molar-refractivity contribution in [1.82, 2.24) is 20.1 Å². The fourth-order valence-corrected chi connectivity index (χ4v) is 4.16. The van der Waals surface area contributed by atoms with Crippen molar-refractivity contribution in [1.29, 1.82) is 0 Å². The highest BCUT2D eigenvalue weighted by Gasteiger charge is 2.26. The second-order valence-corrected chi connectivity index (χ2v) is 8.42. The van der Waals surface area contributed by atoms with Crippen molar-refractivity contribution in [2.45, 2.75) is 25.9 Å². The van der Waals surface area contributed by atoms with Gasteiger partial charge in [-0.15, -0.1) is 0 Å². The summed E-state index contributed by atoms with van der Waals surface area (Å²) in [6, 6.07) is 11.8. The number of carbonyl (C=O) groups excluding carboxylic acids is 1. The molecule has 4 rings (SSSR count). The second-order valence-electron chi connectivity index (χ2n) is 7.98. The van der Waals surface area contributed by atoms with Crippen LogP contribution < -0.4 is 10.2 Å². The van der Waals surface area contributed by atoms with Crippen LogP contribution in [0.3, 0.4) is 0 Å². The number of aromatic nitrogens is 1. The van der Waals surface area contributed by atoms with Crippen molar-refractivity contribution < 1.29 is 4.79 Å². The number of halogens is 1. The number of carbonyl (C=O) groups is 1. The van der Waals surface area contributed by atoms with Crippen LogP contribution in [-0.2, 0) is 17.9 Å². The normalized spacial score (nSPS) is 17.4. The maximum Gasteiger partial charge on any atom is 0.242 e. The number of hydrogen-bond acceptors (Lipinski definition) is 4. The molecule has 2 fully saturated rings. The van der Waals surface area contributed by atoms with E-state index in [4.69, 9.17) is 11.6 Å². The Morgan fingerprint density at radius 2 is 1.81 bits per heavy atom. The van der Waals surface area contributed by atoms with Crippen molar-refractivity contribution in [3.05, 3.63) is 58.7 Å². The number of guanidine groups is 1. The maximum absolute atomic E-state index is 12.7. The molecule has 2 aromatic rings. The van der Waals surface area contributed by atoms with Crippen LogP contribution in [0.2, 0.25) is 5.02 Å². The van der Waals surface area contributed by atoms with Crippen LogP contribution in [0.15, 0.2) is 47.6 Å². The minimum Gasteiger partial charge on any atom is -0.357 e. The van der Waals surface area contributed by atoms with Gasteiger partial charge in [0.2, 0.25) is 5.91 Å². The highest BCUT2D eigenvalue weighted by Crippen LogP contribution is 2.18. The first-order valence-corrected chi connectivity index (χ1v) is 11.2. The van der Waals surface area contributed by atoms with E-state index in [0.717, 1.165) is 42.5 Å². The molecule has 3 heterocycles. The summed E-state index contributed by atoms with van der Waals surface area (Å²) < 4.78 is 0. The van der Waals surface area contributed by atoms with E-state index in [1.807, 2.05) is 40.3 Å². The minimum absolute atomic E-state index is 0.0979. The molecule has 0 radical (unpaired) electrons. The molecule has 0 saturated carbocycles. The summed E-state index contributed by atoms with van der Waals surface area (Å²) in [5, 5.41) is 4.08. The number of anilines is 1. The van der Waals surface area contributed by atoms with Crippen molar-refractivity contribution in [2.75, 3.05) is 44.7 Å². The first kappa shape index (κ1) is 21.4. The fraction of sp³-hybridized carbons (Fsp3) is 0.435. The number of nitrogens with zero attached hydrogens (tertiary/aromatic N) is 5. The zero-order valence-corrected chi connectivity index (χ0v) is 18.7. The van der Waals surface area contributed by atoms with Crippen molar-refractivity contribution in [3.8, 4) is 0 Å². The summed E-state index contributed by atoms with van der Waals surface area (Å²) in [4.78, 5) is 27.9. The third-order valence-electron chi connectivity index (χ3n) is 5.81. The topological polar surface area (TPSA) is 64.1 Å². The van der Waals surface area contributed by atoms with Crippen LogP contribution in [0.25, 0.3) is 0 Å². The number of pyridine rings is 1. The highest BCUT2D eigenvalue weighted by molar-refractivity contribution is 6.30. The van der Waals surface area contributed by atoms with Gasteiger partial charge < -0.3 is 20.0 Å². The van der Waals surface area contributed by atoms with Crippen LogP contribution in [-0.4, -0.2) is 66.4 Å². The number of amides is 1. The molecule has 1 N–H and O–H groups in total. The Bertz CT molecular complexity index is 909. The lowest BCUT2D eigenvalue weighted by molar-refractivity contribution is -0.135. The SMILES string of the molecule is CN=C(NCc1ccc(N2CCCC2)nc1)N1CCN(Cc2ccc(Cl)cc2)C(=O)C1. The third kappa shape index (κ3) is 5.47. The van der Waals surface area contributed by atoms with Crippen LogP contribution >= 0.6 is 11.6 Å². The number of aliphatic imine (C=N–C) groups is 1. The van der Waals surface area contributed by atoms with Gasteiger partial charge in [0.05, 0.1) is 6.54 Å². The second kappa shape index (κ2) is 10.0. The molecule has 164 valence electrons. The van der Waals surface area contributed by atoms with Gasteiger partial charge in [-0.3, -0.25) is 9.79 Å². The first-order valence-electron chi connectivity index (χ1n) is 10.8. The van der Waals surface area contributed by atoms with Crippen molar-refractivity contribution in [3.63, 3.8) is 0 Å². The lowest BCUT2D eigenvalue weighted by atomic mass is 10.2. The van der Waals surface area contributed by atoms with Crippen LogP contribution in [0, 0.1) is 0 Å². The van der Waals surface area contributed by atoms with E-state index in [0.29, 0.717) is 31.2 Å². The van der Waals surface area contributed by atoms with Gasteiger partial charge in [-0.25, -0.2) is 4.98 Å². The van der Waals surface area contributed by atoms with Gasteiger partial charge >= 0.3 is 0 Å². The van der Waals surface area contributed by atoms with Gasteiger partial charge in [0.15, 0.2) is 5.96 Å². The van der Waals surface area contributed by atoms with Gasteiger partial charge in [0, 0.05) is 57.5 Å². The van der Waals surface area contributed by atoms with Gasteiger partial charge in [-0.05, 0) is 42.2 Å². The average molecular weight is 441 g/mol. The van der Waals surface area contributed by atoms with E-state index in [1.54, 1.807) is 7.05 Å². The third-order valence-corrected chi connectivity index (χ3v) is 6.06. The van der Waals surface area contributed by atoms with Crippen molar-refractivity contribution >= 4 is 29.3 Å². The Balaban J connectivity index is 1.28. The average Bonchev–Trinajstić information content (AvgIpc) is 3.33. The summed E-state index contributed by atoms with van der Waals surface area (Å²) in [5.74, 6) is 1.89. The van der Waals surface area contributed by atoms with E-state index >= 15 is 0 Å². The number of nitrogens with one attached hydrogen (secondary N) is 1. The Kier molecular flexibility index (Phi) is 6.92. The molecule has 1 aromatic heterocycles. The molecule has 0 atom stereocenters. The standard InChI is InChI=1S/C23H29ClN6O/c1-25-23(27-15-19-6-9-21(26-14-19)28-10-2-3-11-28)30-13-12-29(22(31)17-30)16-18-4-7-20(24)8-5-18/h4-9,14H,2-3,10-13,15-17H2,1H3,(H,25,27). The first-order chi connectivity index (χ1) is 15.1. The molecule has 0 spiro atoms. The Morgan fingerprint density at radius 1 is 1.06 bits per heavy atom. The van der Waals surface area contributed by atoms with Crippen LogP contribution in [0.1, 0.15) is 24.0 Å². The van der Waals surface area contributed by atoms with E-state index in [1.165, 1.54) is 12.8 Å². The smallest absolute Gasteiger partial charge is 0.242 e. The van der Waals surface area contributed by atoms with Gasteiger partial charge in [-0.1, -0.05) is 29.8 Å². The molecule has 2 aliphatic heterocycles. The highest BCUT2D eigenvalue weighted by atomic mass is 35.5. The summed E-state index contributed by atoms with van der Waals surface area (Å²) in [5.41, 5.74) is 2.18. The molecule has 2 aliphatic rings. The Morgan fingerprint density at radius 3 is 2.45 bits per heavy atom. The molecule has 7 nitrogen and oxygen atoms in total. The number of benzene rings is 1. The Labute approximate surface area is 188 Å². The van der Waals surface area contributed by atoms with Crippen LogP contribution in [0.5, 0.6) is 0 Å². The zero-order chi connectivity index (χ0) is 21.6. The lowest BCUT2D eigenvalue weighted by Gasteiger charge is -2.36. The summed E-state index contributed by atoms with van der Waals surface area (Å²) in [7, 11) is 1.75. The molecule has 1 amide bonds. The predicted octanol–water partition coefficient (Wildman–Crippen LogP) is 2.76. The molecule has 8 heteroatoms. The maximum atomic E-state index is 12.7. The number of rotatable bonds is 5. The van der Waals surface area contributed by atoms with Gasteiger partial charge in [0.25, 0.3) is 0 Å². The van der Waals surface area contributed by atoms with Crippen molar-refractivity contribution in [2.24, 2.45) is 4.99 Å². The Hall–Kier alpha value is -2.80. The molecule has 0 unspecified atom stereocenters. The fourth-order valence-electron chi connectivity index (χ4n) is 4.03. The van der Waals surface area contributed by atoms with E-state index < -0.39 is 0 Å². The minimum atomic E-state index is 0.0979. The molecule has 31 heavy (non-hydrogen) atoms. The van der Waals surface area contributed by atoms with Gasteiger partial charge in [0.1, 0.15) is 5.82 Å². The molecular weight excluding hydrogens is 412 g/mol.